The molecule has 0 saturated carbocycles. The van der Waals surface area contributed by atoms with Crippen molar-refractivity contribution in [3.8, 4) is 5.75 Å². The fourth-order valence-corrected chi connectivity index (χ4v) is 1.90. The molecule has 0 aliphatic rings. The van der Waals surface area contributed by atoms with Crippen molar-refractivity contribution in [1.82, 2.24) is 10.3 Å². The van der Waals surface area contributed by atoms with Crippen LogP contribution in [0.5, 0.6) is 5.75 Å². The Morgan fingerprint density at radius 1 is 1.25 bits per heavy atom. The highest BCUT2D eigenvalue weighted by Gasteiger charge is 2.31. The molecule has 6 nitrogen and oxygen atoms in total. The molecular weight excluding hydrogens is 329 g/mol. The smallest absolute Gasteiger partial charge is 0.481 e. The van der Waals surface area contributed by atoms with E-state index in [2.05, 4.69) is 15.0 Å². The predicted molar refractivity (Wildman–Crippen MR) is 78.7 cm³/mol. The van der Waals surface area contributed by atoms with Crippen LogP contribution < -0.4 is 10.1 Å². The maximum absolute atomic E-state index is 12.2. The van der Waals surface area contributed by atoms with Crippen LogP contribution in [-0.4, -0.2) is 34.9 Å². The number of aliphatic carboxylic acids is 1. The first-order chi connectivity index (χ1) is 11.0. The van der Waals surface area contributed by atoms with Crippen LogP contribution in [0.3, 0.4) is 0 Å². The number of hydrogen-bond acceptors (Lipinski definition) is 3. The number of fused-ring (bicyclic) bond motifs is 1. The van der Waals surface area contributed by atoms with Crippen LogP contribution in [-0.2, 0) is 4.79 Å². The monoisotopic (exact) mass is 344 g/mol. The van der Waals surface area contributed by atoms with Gasteiger partial charge in [-0.2, -0.15) is 0 Å². The summed E-state index contributed by atoms with van der Waals surface area (Å²) in [5.41, 5.74) is -0.746. The summed E-state index contributed by atoms with van der Waals surface area (Å²) >= 11 is 0. The third kappa shape index (κ3) is 4.18. The summed E-state index contributed by atoms with van der Waals surface area (Å²) in [6, 6.07) is 5.10. The first-order valence-electron chi connectivity index (χ1n) is 6.88. The van der Waals surface area contributed by atoms with E-state index in [-0.39, 0.29) is 12.2 Å². The third-order valence-electron chi connectivity index (χ3n) is 3.34. The molecule has 1 aromatic heterocycles. The number of rotatable bonds is 5. The number of carboxylic acid groups (broad SMARTS) is 1. The SMILES string of the molecule is CC(C)(CNC(=O)c1cc2ccc(OC(F)(F)F)cc2[nH]1)C(=O)O. The lowest BCUT2D eigenvalue weighted by Crippen LogP contribution is -2.39. The van der Waals surface area contributed by atoms with Crippen molar-refractivity contribution >= 4 is 22.8 Å². The Morgan fingerprint density at radius 2 is 1.92 bits per heavy atom. The number of nitrogens with one attached hydrogen (secondary N) is 2. The van der Waals surface area contributed by atoms with Crippen LogP contribution in [0.15, 0.2) is 24.3 Å². The Morgan fingerprint density at radius 3 is 2.50 bits per heavy atom. The Balaban J connectivity index is 2.15. The number of H-pyrrole nitrogens is 1. The molecule has 3 N–H and O–H groups in total. The van der Waals surface area contributed by atoms with Crippen LogP contribution in [0.25, 0.3) is 10.9 Å². The van der Waals surface area contributed by atoms with E-state index in [9.17, 15) is 22.8 Å². The number of aromatic nitrogens is 1. The van der Waals surface area contributed by atoms with Gasteiger partial charge in [-0.15, -0.1) is 13.2 Å². The van der Waals surface area contributed by atoms with Gasteiger partial charge < -0.3 is 20.1 Å². The molecule has 0 saturated heterocycles. The van der Waals surface area contributed by atoms with Crippen molar-refractivity contribution in [1.29, 1.82) is 0 Å². The number of halogens is 3. The van der Waals surface area contributed by atoms with Gasteiger partial charge in [0.2, 0.25) is 0 Å². The van der Waals surface area contributed by atoms with Crippen molar-refractivity contribution in [2.75, 3.05) is 6.54 Å². The molecule has 0 radical (unpaired) electrons. The van der Waals surface area contributed by atoms with Crippen LogP contribution >= 0.6 is 0 Å². The fourth-order valence-electron chi connectivity index (χ4n) is 1.90. The molecule has 130 valence electrons. The van der Waals surface area contributed by atoms with E-state index < -0.39 is 29.4 Å². The summed E-state index contributed by atoms with van der Waals surface area (Å²) in [7, 11) is 0. The summed E-state index contributed by atoms with van der Waals surface area (Å²) in [6.07, 6.45) is -4.80. The van der Waals surface area contributed by atoms with Crippen LogP contribution in [0.4, 0.5) is 13.2 Å². The fraction of sp³-hybridized carbons (Fsp3) is 0.333. The van der Waals surface area contributed by atoms with Gasteiger partial charge in [0.1, 0.15) is 11.4 Å². The number of alkyl halides is 3. The number of hydrogen-bond donors (Lipinski definition) is 3. The molecule has 0 unspecified atom stereocenters. The first kappa shape index (κ1) is 17.6. The Bertz CT molecular complexity index is 781. The van der Waals surface area contributed by atoms with E-state index in [1.165, 1.54) is 26.0 Å². The summed E-state index contributed by atoms with van der Waals surface area (Å²) in [4.78, 5) is 25.7. The number of carbonyl (C=O) groups is 2. The van der Waals surface area contributed by atoms with Gasteiger partial charge in [-0.05, 0) is 32.0 Å². The highest BCUT2D eigenvalue weighted by molar-refractivity contribution is 5.98. The zero-order valence-corrected chi connectivity index (χ0v) is 12.8. The minimum absolute atomic E-state index is 0.0982. The highest BCUT2D eigenvalue weighted by atomic mass is 19.4. The molecule has 1 amide bonds. The predicted octanol–water partition coefficient (Wildman–Crippen LogP) is 2.91. The maximum atomic E-state index is 12.2. The van der Waals surface area contributed by atoms with Gasteiger partial charge in [0.15, 0.2) is 0 Å². The van der Waals surface area contributed by atoms with E-state index in [4.69, 9.17) is 5.11 Å². The number of ether oxygens (including phenoxy) is 1. The Kier molecular flexibility index (Phi) is 4.46. The molecule has 0 atom stereocenters. The molecule has 2 aromatic rings. The van der Waals surface area contributed by atoms with E-state index in [1.807, 2.05) is 0 Å². The van der Waals surface area contributed by atoms with Gasteiger partial charge >= 0.3 is 12.3 Å². The van der Waals surface area contributed by atoms with Crippen LogP contribution in [0, 0.1) is 5.41 Å². The number of carboxylic acids is 1. The summed E-state index contributed by atoms with van der Waals surface area (Å²) in [6.45, 7) is 2.82. The molecule has 2 rings (SSSR count). The van der Waals surface area contributed by atoms with Gasteiger partial charge in [0, 0.05) is 23.5 Å². The second-order valence-corrected chi connectivity index (χ2v) is 5.85. The van der Waals surface area contributed by atoms with Crippen LogP contribution in [0.2, 0.25) is 0 Å². The molecule has 1 heterocycles. The standard InChI is InChI=1S/C15H15F3N2O4/c1-14(2,13(22)23)7-19-12(21)11-5-8-3-4-9(6-10(8)20-11)24-15(16,17)18/h3-6,20H,7H2,1-2H3,(H,19,21)(H,22,23). The quantitative estimate of drug-likeness (QED) is 0.778. The van der Waals surface area contributed by atoms with E-state index >= 15 is 0 Å². The lowest BCUT2D eigenvalue weighted by Gasteiger charge is -2.19. The van der Waals surface area contributed by atoms with Crippen molar-refractivity contribution in [2.45, 2.75) is 20.2 Å². The molecule has 0 fully saturated rings. The van der Waals surface area contributed by atoms with Gasteiger partial charge in [-0.3, -0.25) is 9.59 Å². The zero-order valence-electron chi connectivity index (χ0n) is 12.8. The highest BCUT2D eigenvalue weighted by Crippen LogP contribution is 2.26. The molecule has 0 spiro atoms. The summed E-state index contributed by atoms with van der Waals surface area (Å²) in [5, 5.41) is 12.0. The lowest BCUT2D eigenvalue weighted by molar-refractivity contribution is -0.274. The van der Waals surface area contributed by atoms with Crippen molar-refractivity contribution < 1.29 is 32.6 Å². The van der Waals surface area contributed by atoms with Crippen LogP contribution in [0.1, 0.15) is 24.3 Å². The van der Waals surface area contributed by atoms with Crippen molar-refractivity contribution in [2.24, 2.45) is 5.41 Å². The topological polar surface area (TPSA) is 91.4 Å². The van der Waals surface area contributed by atoms with Gasteiger partial charge in [-0.25, -0.2) is 0 Å². The molecule has 1 aromatic carbocycles. The molecule has 0 bridgehead atoms. The number of carbonyl (C=O) groups excluding carboxylic acids is 1. The van der Waals surface area contributed by atoms with Gasteiger partial charge in [0.05, 0.1) is 5.41 Å². The lowest BCUT2D eigenvalue weighted by atomic mass is 9.94. The summed E-state index contributed by atoms with van der Waals surface area (Å²) in [5.74, 6) is -2.02. The molecule has 24 heavy (non-hydrogen) atoms. The Hall–Kier alpha value is -2.71. The zero-order chi connectivity index (χ0) is 18.1. The molecular formula is C15H15F3N2O4. The molecule has 0 aliphatic carbocycles. The second-order valence-electron chi connectivity index (χ2n) is 5.85. The maximum Gasteiger partial charge on any atom is 0.573 e. The normalized spacial score (nSPS) is 12.2. The van der Waals surface area contributed by atoms with E-state index in [0.717, 1.165) is 12.1 Å². The van der Waals surface area contributed by atoms with Gasteiger partial charge in [0.25, 0.3) is 5.91 Å². The second kappa shape index (κ2) is 6.06. The van der Waals surface area contributed by atoms with Crippen molar-refractivity contribution in [3.05, 3.63) is 30.0 Å². The minimum Gasteiger partial charge on any atom is -0.481 e. The summed E-state index contributed by atoms with van der Waals surface area (Å²) < 4.78 is 40.4. The minimum atomic E-state index is -4.80. The van der Waals surface area contributed by atoms with E-state index in [1.54, 1.807) is 0 Å². The average molecular weight is 344 g/mol. The van der Waals surface area contributed by atoms with E-state index in [0.29, 0.717) is 10.9 Å². The van der Waals surface area contributed by atoms with Crippen molar-refractivity contribution in [3.63, 3.8) is 0 Å². The molecule has 9 heteroatoms. The largest absolute Gasteiger partial charge is 0.573 e. The van der Waals surface area contributed by atoms with Gasteiger partial charge in [-0.1, -0.05) is 0 Å². The Labute approximate surface area is 134 Å². The molecule has 0 aliphatic heterocycles. The third-order valence-corrected chi connectivity index (χ3v) is 3.34. The number of benzene rings is 1. The first-order valence-corrected chi connectivity index (χ1v) is 6.88. The number of amides is 1. The number of aromatic amines is 1. The average Bonchev–Trinajstić information content (AvgIpc) is 2.86.